The average molecular weight is 443 g/mol. The Labute approximate surface area is 182 Å². The lowest BCUT2D eigenvalue weighted by Gasteiger charge is -2.38. The molecule has 0 aliphatic carbocycles. The van der Waals surface area contributed by atoms with Crippen molar-refractivity contribution in [2.24, 2.45) is 0 Å². The molecule has 0 aromatic heterocycles. The van der Waals surface area contributed by atoms with Crippen molar-refractivity contribution in [3.05, 3.63) is 59.2 Å². The van der Waals surface area contributed by atoms with Gasteiger partial charge in [0, 0.05) is 24.9 Å². The van der Waals surface area contributed by atoms with Gasteiger partial charge in [0.15, 0.2) is 0 Å². The van der Waals surface area contributed by atoms with E-state index in [0.717, 1.165) is 21.2 Å². The molecule has 4 rings (SSSR count). The van der Waals surface area contributed by atoms with Gasteiger partial charge in [-0.25, -0.2) is 12.7 Å². The molecule has 164 valence electrons. The van der Waals surface area contributed by atoms with Gasteiger partial charge < -0.3 is 10.1 Å². The molecule has 1 atom stereocenters. The van der Waals surface area contributed by atoms with Crippen molar-refractivity contribution in [3.63, 3.8) is 0 Å². The molecule has 2 aliphatic heterocycles. The summed E-state index contributed by atoms with van der Waals surface area (Å²) >= 11 is 0. The van der Waals surface area contributed by atoms with Crippen LogP contribution in [-0.2, 0) is 14.8 Å². The molecular formula is C23H26N2O5S. The van der Waals surface area contributed by atoms with Crippen molar-refractivity contribution in [2.75, 3.05) is 6.54 Å². The smallest absolute Gasteiger partial charge is 0.269 e. The molecule has 0 saturated carbocycles. The second-order valence-corrected chi connectivity index (χ2v) is 10.5. The number of benzene rings is 2. The van der Waals surface area contributed by atoms with Gasteiger partial charge in [0.2, 0.25) is 5.91 Å². The number of hydrogen-bond donors (Lipinski definition) is 1. The van der Waals surface area contributed by atoms with Gasteiger partial charge in [-0.05, 0) is 45.4 Å². The third-order valence-corrected chi connectivity index (χ3v) is 7.48. The first kappa shape index (κ1) is 21.4. The number of aryl methyl sites for hydroxylation is 1. The number of fused-ring (bicyclic) bond motifs is 2. The fourth-order valence-corrected chi connectivity index (χ4v) is 5.81. The highest BCUT2D eigenvalue weighted by molar-refractivity contribution is 7.90. The van der Waals surface area contributed by atoms with E-state index in [9.17, 15) is 18.0 Å². The number of rotatable bonds is 5. The van der Waals surface area contributed by atoms with Gasteiger partial charge >= 0.3 is 0 Å². The largest absolute Gasteiger partial charge is 0.487 e. The maximum absolute atomic E-state index is 12.6. The molecule has 2 amide bonds. The lowest BCUT2D eigenvalue weighted by molar-refractivity contribution is -0.122. The summed E-state index contributed by atoms with van der Waals surface area (Å²) in [6.45, 7) is 5.93. The van der Waals surface area contributed by atoms with Gasteiger partial charge in [0.1, 0.15) is 16.2 Å². The molecule has 0 saturated heterocycles. The Bertz CT molecular complexity index is 1160. The van der Waals surface area contributed by atoms with Crippen LogP contribution in [0.4, 0.5) is 0 Å². The van der Waals surface area contributed by atoms with Crippen molar-refractivity contribution < 1.29 is 22.7 Å². The van der Waals surface area contributed by atoms with Crippen molar-refractivity contribution >= 4 is 21.8 Å². The second kappa shape index (κ2) is 7.67. The first-order chi connectivity index (χ1) is 14.6. The van der Waals surface area contributed by atoms with Gasteiger partial charge in [-0.3, -0.25) is 9.59 Å². The Balaban J connectivity index is 1.40. The molecule has 2 aliphatic rings. The van der Waals surface area contributed by atoms with E-state index in [2.05, 4.69) is 5.32 Å². The zero-order chi connectivity index (χ0) is 22.4. The van der Waals surface area contributed by atoms with E-state index in [1.165, 1.54) is 12.1 Å². The van der Waals surface area contributed by atoms with Gasteiger partial charge in [0.25, 0.3) is 15.9 Å². The molecule has 2 aromatic rings. The Morgan fingerprint density at radius 1 is 1.23 bits per heavy atom. The van der Waals surface area contributed by atoms with E-state index in [-0.39, 0.29) is 41.8 Å². The van der Waals surface area contributed by atoms with Crippen LogP contribution in [0, 0.1) is 6.92 Å². The van der Waals surface area contributed by atoms with Crippen LogP contribution >= 0.6 is 0 Å². The number of ether oxygens (including phenoxy) is 1. The van der Waals surface area contributed by atoms with Crippen molar-refractivity contribution in [2.45, 2.75) is 56.6 Å². The summed E-state index contributed by atoms with van der Waals surface area (Å²) in [5.41, 5.74) is 1.80. The van der Waals surface area contributed by atoms with Crippen LogP contribution in [-0.4, -0.2) is 36.7 Å². The Morgan fingerprint density at radius 3 is 2.71 bits per heavy atom. The quantitative estimate of drug-likeness (QED) is 0.767. The molecule has 0 radical (unpaired) electrons. The summed E-state index contributed by atoms with van der Waals surface area (Å²) in [6, 6.07) is 11.9. The maximum atomic E-state index is 12.6. The van der Waals surface area contributed by atoms with Crippen LogP contribution in [0.3, 0.4) is 0 Å². The minimum absolute atomic E-state index is 0.0286. The Hall–Kier alpha value is -2.87. The number of amides is 2. The third-order valence-electron chi connectivity index (χ3n) is 5.63. The molecule has 8 heteroatoms. The summed E-state index contributed by atoms with van der Waals surface area (Å²) in [6.07, 6.45) is 0.996. The fraction of sp³-hybridized carbons (Fsp3) is 0.391. The summed E-state index contributed by atoms with van der Waals surface area (Å²) in [5.74, 6) is 0.0435. The van der Waals surface area contributed by atoms with Crippen LogP contribution in [0.1, 0.15) is 60.6 Å². The molecule has 0 fully saturated rings. The van der Waals surface area contributed by atoms with Gasteiger partial charge in [0.05, 0.1) is 11.6 Å². The number of sulfonamides is 1. The SMILES string of the molecule is Cc1ccc2c(c1)[C@@H](NC(=O)CCCN1C(=O)c3ccccc3S1(=O)=O)CC(C)(C)O2. The zero-order valence-electron chi connectivity index (χ0n) is 17.8. The van der Waals surface area contributed by atoms with Crippen molar-refractivity contribution in [1.29, 1.82) is 0 Å². The third kappa shape index (κ3) is 4.04. The average Bonchev–Trinajstić information content (AvgIpc) is 2.89. The topological polar surface area (TPSA) is 92.8 Å². The number of nitrogens with one attached hydrogen (secondary N) is 1. The van der Waals surface area contributed by atoms with Gasteiger partial charge in [-0.15, -0.1) is 0 Å². The lowest BCUT2D eigenvalue weighted by Crippen LogP contribution is -2.41. The monoisotopic (exact) mass is 442 g/mol. The first-order valence-electron chi connectivity index (χ1n) is 10.3. The summed E-state index contributed by atoms with van der Waals surface area (Å²) in [4.78, 5) is 25.2. The predicted octanol–water partition coefficient (Wildman–Crippen LogP) is 3.34. The minimum Gasteiger partial charge on any atom is -0.487 e. The number of carbonyl (C=O) groups excluding carboxylic acids is 2. The molecule has 0 unspecified atom stereocenters. The summed E-state index contributed by atoms with van der Waals surface area (Å²) < 4.78 is 32.1. The minimum atomic E-state index is -3.85. The molecule has 0 spiro atoms. The van der Waals surface area contributed by atoms with E-state index < -0.39 is 21.5 Å². The lowest BCUT2D eigenvalue weighted by atomic mass is 9.89. The number of carbonyl (C=O) groups is 2. The van der Waals surface area contributed by atoms with E-state index in [4.69, 9.17) is 4.74 Å². The van der Waals surface area contributed by atoms with E-state index in [1.807, 2.05) is 39.0 Å². The van der Waals surface area contributed by atoms with Gasteiger partial charge in [-0.2, -0.15) is 0 Å². The normalized spacial score (nSPS) is 20.5. The van der Waals surface area contributed by atoms with Crippen LogP contribution in [0.5, 0.6) is 5.75 Å². The molecule has 0 bridgehead atoms. The highest BCUT2D eigenvalue weighted by Crippen LogP contribution is 2.40. The molecule has 1 N–H and O–H groups in total. The maximum Gasteiger partial charge on any atom is 0.269 e. The van der Waals surface area contributed by atoms with Crippen LogP contribution < -0.4 is 10.1 Å². The van der Waals surface area contributed by atoms with Crippen LogP contribution in [0.25, 0.3) is 0 Å². The first-order valence-corrected chi connectivity index (χ1v) is 11.8. The Morgan fingerprint density at radius 2 is 1.97 bits per heavy atom. The summed E-state index contributed by atoms with van der Waals surface area (Å²) in [7, 11) is -3.85. The molecule has 7 nitrogen and oxygen atoms in total. The van der Waals surface area contributed by atoms with E-state index in [0.29, 0.717) is 6.42 Å². The van der Waals surface area contributed by atoms with E-state index >= 15 is 0 Å². The number of hydrogen-bond acceptors (Lipinski definition) is 5. The summed E-state index contributed by atoms with van der Waals surface area (Å²) in [5, 5.41) is 3.06. The van der Waals surface area contributed by atoms with Crippen molar-refractivity contribution in [1.82, 2.24) is 9.62 Å². The zero-order valence-corrected chi connectivity index (χ0v) is 18.7. The van der Waals surface area contributed by atoms with Crippen LogP contribution in [0.2, 0.25) is 0 Å². The highest BCUT2D eigenvalue weighted by Gasteiger charge is 2.40. The molecule has 2 heterocycles. The van der Waals surface area contributed by atoms with Crippen molar-refractivity contribution in [3.8, 4) is 5.75 Å². The van der Waals surface area contributed by atoms with Gasteiger partial charge in [-0.1, -0.05) is 29.8 Å². The predicted molar refractivity (Wildman–Crippen MR) is 115 cm³/mol. The Kier molecular flexibility index (Phi) is 5.29. The standard InChI is InChI=1S/C23H26N2O5S/c1-15-10-11-19-17(13-15)18(14-23(2,3)30-19)24-21(26)9-6-12-25-22(27)16-7-4-5-8-20(16)31(25,28)29/h4-5,7-8,10-11,13,18H,6,9,12,14H2,1-3H3,(H,24,26)/t18-/m0/s1. The molecular weight excluding hydrogens is 416 g/mol. The van der Waals surface area contributed by atoms with E-state index in [1.54, 1.807) is 12.1 Å². The molecule has 2 aromatic carbocycles. The number of nitrogens with zero attached hydrogens (tertiary/aromatic N) is 1. The fourth-order valence-electron chi connectivity index (χ4n) is 4.20. The van der Waals surface area contributed by atoms with Crippen LogP contribution in [0.15, 0.2) is 47.4 Å². The molecule has 31 heavy (non-hydrogen) atoms. The second-order valence-electron chi connectivity index (χ2n) is 8.71. The highest BCUT2D eigenvalue weighted by atomic mass is 32.2.